The van der Waals surface area contributed by atoms with E-state index < -0.39 is 17.8 Å². The second kappa shape index (κ2) is 4.26. The third kappa shape index (κ3) is 2.11. The van der Waals surface area contributed by atoms with Crippen LogP contribution in [0, 0.1) is 5.82 Å². The summed E-state index contributed by atoms with van der Waals surface area (Å²) in [5, 5.41) is 0.770. The average Bonchev–Trinajstić information content (AvgIpc) is 2.33. The quantitative estimate of drug-likeness (QED) is 0.735. The highest BCUT2D eigenvalue weighted by atomic mass is 19.1. The number of hydrazine groups is 1. The minimum absolute atomic E-state index is 0.0442. The Hall–Kier alpha value is -2.35. The lowest BCUT2D eigenvalue weighted by atomic mass is 10.3. The molecular weight excluding hydrogens is 235 g/mol. The fourth-order valence-corrected chi connectivity index (χ4v) is 1.14. The van der Waals surface area contributed by atoms with Gasteiger partial charge in [0.05, 0.1) is 7.11 Å². The molecule has 0 radical (unpaired) electrons. The lowest BCUT2D eigenvalue weighted by Crippen LogP contribution is -2.49. The summed E-state index contributed by atoms with van der Waals surface area (Å²) >= 11 is 0. The molecule has 1 aromatic rings. The number of anilines is 1. The molecule has 0 atom stereocenters. The number of halogens is 1. The topological polar surface area (TPSA) is 77.1 Å². The Morgan fingerprint density at radius 1 is 1.35 bits per heavy atom. The zero-order chi connectivity index (χ0) is 12.4. The third-order valence-corrected chi connectivity index (χ3v) is 1.93. The molecule has 1 aliphatic heterocycles. The van der Waals surface area contributed by atoms with Gasteiger partial charge in [-0.15, -0.1) is 5.17 Å². The number of carbonyl (C=O) groups excluding carboxylic acids is 2. The summed E-state index contributed by atoms with van der Waals surface area (Å²) in [6, 6.07) is 3.67. The molecule has 1 heterocycles. The van der Waals surface area contributed by atoms with Crippen LogP contribution in [0.3, 0.4) is 0 Å². The summed E-state index contributed by atoms with van der Waals surface area (Å²) in [5.74, 6) is -2.98. The van der Waals surface area contributed by atoms with E-state index in [4.69, 9.17) is 4.74 Å². The molecule has 0 unspecified atom stereocenters. The number of carbonyl (C=O) groups is 2. The van der Waals surface area contributed by atoms with Crippen molar-refractivity contribution < 1.29 is 28.4 Å². The van der Waals surface area contributed by atoms with Gasteiger partial charge in [-0.05, 0) is 17.7 Å². The Kier molecular flexibility index (Phi) is 2.79. The first kappa shape index (κ1) is 11.1. The molecule has 90 valence electrons. The summed E-state index contributed by atoms with van der Waals surface area (Å²) in [4.78, 5) is 30.4. The number of nitrogens with zero attached hydrogens (tertiary/aromatic N) is 1. The molecule has 1 aliphatic rings. The van der Waals surface area contributed by atoms with Crippen LogP contribution in [0.2, 0.25) is 0 Å². The molecule has 2 rings (SSSR count). The van der Waals surface area contributed by atoms with Crippen LogP contribution in [0.25, 0.3) is 0 Å². The van der Waals surface area contributed by atoms with E-state index in [1.807, 2.05) is 5.59 Å². The van der Waals surface area contributed by atoms with E-state index in [-0.39, 0.29) is 11.4 Å². The fourth-order valence-electron chi connectivity index (χ4n) is 1.14. The van der Waals surface area contributed by atoms with Gasteiger partial charge < -0.3 is 14.4 Å². The van der Waals surface area contributed by atoms with Crippen molar-refractivity contribution >= 4 is 17.6 Å². The Labute approximate surface area is 94.5 Å². The van der Waals surface area contributed by atoms with Gasteiger partial charge in [-0.1, -0.05) is 0 Å². The average molecular weight is 242 g/mol. The molecule has 0 spiro atoms. The third-order valence-electron chi connectivity index (χ3n) is 1.93. The second-order valence-corrected chi connectivity index (χ2v) is 2.97. The van der Waals surface area contributed by atoms with Crippen LogP contribution in [0.1, 0.15) is 0 Å². The number of benzene rings is 1. The number of nitrogens with one attached hydrogen (secondary N) is 1. The highest BCUT2D eigenvalue weighted by molar-refractivity contribution is 6.30. The van der Waals surface area contributed by atoms with Crippen molar-refractivity contribution in [2.24, 2.45) is 0 Å². The number of hydrogen-bond acceptors (Lipinski definition) is 7. The summed E-state index contributed by atoms with van der Waals surface area (Å²) in [6.07, 6.45) is 0. The number of rotatable bonds is 2. The van der Waals surface area contributed by atoms with Gasteiger partial charge >= 0.3 is 11.9 Å². The largest absolute Gasteiger partial charge is 0.494 e. The van der Waals surface area contributed by atoms with Crippen LogP contribution in [-0.2, 0) is 19.3 Å². The molecule has 1 N–H and O–H groups in total. The standard InChI is InChI=1S/C9H7FN2O5/c1-15-7-4-5(2-3-6(7)10)12-11-16-8(13)9(14)17-12/h2-4,11H,1H3. The van der Waals surface area contributed by atoms with Crippen molar-refractivity contribution in [2.75, 3.05) is 12.3 Å². The van der Waals surface area contributed by atoms with Gasteiger partial charge in [0.1, 0.15) is 5.69 Å². The summed E-state index contributed by atoms with van der Waals surface area (Å²) in [6.45, 7) is 0. The highest BCUT2D eigenvalue weighted by Gasteiger charge is 2.29. The summed E-state index contributed by atoms with van der Waals surface area (Å²) in [7, 11) is 1.29. The van der Waals surface area contributed by atoms with E-state index >= 15 is 0 Å². The maximum Gasteiger partial charge on any atom is 0.444 e. The maximum absolute atomic E-state index is 13.1. The van der Waals surface area contributed by atoms with E-state index in [1.54, 1.807) is 0 Å². The van der Waals surface area contributed by atoms with Crippen molar-refractivity contribution in [1.82, 2.24) is 5.59 Å². The zero-order valence-electron chi connectivity index (χ0n) is 8.60. The normalized spacial score (nSPS) is 15.3. The van der Waals surface area contributed by atoms with Crippen molar-refractivity contribution in [3.63, 3.8) is 0 Å². The molecule has 1 aromatic carbocycles. The smallest absolute Gasteiger partial charge is 0.444 e. The number of methoxy groups -OCH3 is 1. The molecule has 0 bridgehead atoms. The first-order valence-corrected chi connectivity index (χ1v) is 4.44. The van der Waals surface area contributed by atoms with Crippen LogP contribution >= 0.6 is 0 Å². The van der Waals surface area contributed by atoms with Crippen LogP contribution in [0.15, 0.2) is 18.2 Å². The van der Waals surface area contributed by atoms with Crippen LogP contribution in [-0.4, -0.2) is 19.0 Å². The van der Waals surface area contributed by atoms with Gasteiger partial charge in [0.15, 0.2) is 11.6 Å². The molecule has 8 heteroatoms. The monoisotopic (exact) mass is 242 g/mol. The van der Waals surface area contributed by atoms with Gasteiger partial charge in [0.2, 0.25) is 0 Å². The van der Waals surface area contributed by atoms with Gasteiger partial charge in [-0.25, -0.2) is 14.0 Å². The summed E-state index contributed by atoms with van der Waals surface area (Å²) in [5.41, 5.74) is 2.28. The molecular formula is C9H7FN2O5. The predicted octanol–water partition coefficient (Wildman–Crippen LogP) is 0.0753. The van der Waals surface area contributed by atoms with Gasteiger partial charge in [0, 0.05) is 6.07 Å². The summed E-state index contributed by atoms with van der Waals surface area (Å²) < 4.78 is 17.9. The number of ether oxygens (including phenoxy) is 1. The molecule has 1 saturated heterocycles. The maximum atomic E-state index is 13.1. The number of hydrogen-bond donors (Lipinski definition) is 1. The molecule has 17 heavy (non-hydrogen) atoms. The molecule has 0 amide bonds. The highest BCUT2D eigenvalue weighted by Crippen LogP contribution is 2.24. The van der Waals surface area contributed by atoms with Crippen molar-refractivity contribution in [1.29, 1.82) is 0 Å². The zero-order valence-corrected chi connectivity index (χ0v) is 8.60. The Morgan fingerprint density at radius 3 is 2.76 bits per heavy atom. The van der Waals surface area contributed by atoms with Crippen LogP contribution < -0.4 is 15.5 Å². The van der Waals surface area contributed by atoms with Crippen LogP contribution in [0.5, 0.6) is 5.75 Å². The molecule has 1 fully saturated rings. The van der Waals surface area contributed by atoms with Crippen molar-refractivity contribution in [3.8, 4) is 5.75 Å². The first-order valence-electron chi connectivity index (χ1n) is 4.44. The second-order valence-electron chi connectivity index (χ2n) is 2.97. The van der Waals surface area contributed by atoms with E-state index in [0.717, 1.165) is 11.2 Å². The van der Waals surface area contributed by atoms with Gasteiger partial charge in [-0.3, -0.25) is 0 Å². The molecule has 0 saturated carbocycles. The van der Waals surface area contributed by atoms with Crippen molar-refractivity contribution in [2.45, 2.75) is 0 Å². The lowest BCUT2D eigenvalue weighted by molar-refractivity contribution is -0.192. The predicted molar refractivity (Wildman–Crippen MR) is 50.8 cm³/mol. The van der Waals surface area contributed by atoms with Gasteiger partial charge in [0.25, 0.3) is 0 Å². The van der Waals surface area contributed by atoms with E-state index in [1.165, 1.54) is 19.2 Å². The van der Waals surface area contributed by atoms with E-state index in [0.29, 0.717) is 0 Å². The molecule has 0 aromatic heterocycles. The van der Waals surface area contributed by atoms with E-state index in [9.17, 15) is 14.0 Å². The Balaban J connectivity index is 2.23. The van der Waals surface area contributed by atoms with Gasteiger partial charge in [-0.2, -0.15) is 0 Å². The first-order chi connectivity index (χ1) is 8.11. The lowest BCUT2D eigenvalue weighted by Gasteiger charge is -2.25. The Morgan fingerprint density at radius 2 is 2.12 bits per heavy atom. The molecule has 0 aliphatic carbocycles. The fraction of sp³-hybridized carbons (Fsp3) is 0.111. The minimum atomic E-state index is -1.19. The Bertz CT molecular complexity index is 478. The minimum Gasteiger partial charge on any atom is -0.494 e. The molecule has 7 nitrogen and oxygen atoms in total. The van der Waals surface area contributed by atoms with Crippen molar-refractivity contribution in [3.05, 3.63) is 24.0 Å². The van der Waals surface area contributed by atoms with Crippen LogP contribution in [0.4, 0.5) is 10.1 Å². The van der Waals surface area contributed by atoms with E-state index in [2.05, 4.69) is 9.68 Å². The SMILES string of the molecule is COc1cc(N2NOC(=O)C(=O)O2)ccc1F.